The summed E-state index contributed by atoms with van der Waals surface area (Å²) in [7, 11) is 0. The minimum atomic E-state index is -1.31. The van der Waals surface area contributed by atoms with Crippen molar-refractivity contribution in [3.05, 3.63) is 59.4 Å². The molecule has 0 aromatic heterocycles. The zero-order chi connectivity index (χ0) is 17.1. The lowest BCUT2D eigenvalue weighted by atomic mass is 9.98. The summed E-state index contributed by atoms with van der Waals surface area (Å²) in [6.45, 7) is 1.54. The summed E-state index contributed by atoms with van der Waals surface area (Å²) >= 11 is 0. The number of aromatic carboxylic acids is 1. The molecule has 5 heteroatoms. The highest BCUT2D eigenvalue weighted by atomic mass is 19.1. The van der Waals surface area contributed by atoms with Crippen LogP contribution in [0.4, 0.5) is 4.39 Å². The van der Waals surface area contributed by atoms with Crippen LogP contribution in [0, 0.1) is 5.82 Å². The van der Waals surface area contributed by atoms with E-state index in [4.69, 9.17) is 0 Å². The SMILES string of the molecule is O=C(O)c1c(F)cccc1-c1ccc(C(=O)N2CCCCC2)cc1. The van der Waals surface area contributed by atoms with Crippen LogP contribution in [0.5, 0.6) is 0 Å². The van der Waals surface area contributed by atoms with Gasteiger partial charge in [0.2, 0.25) is 0 Å². The second-order valence-electron chi connectivity index (χ2n) is 5.90. The lowest BCUT2D eigenvalue weighted by molar-refractivity contribution is 0.0690. The molecule has 1 aliphatic rings. The number of hydrogen-bond donors (Lipinski definition) is 1. The fourth-order valence-corrected chi connectivity index (χ4v) is 3.05. The molecule has 0 spiro atoms. The molecule has 1 fully saturated rings. The summed E-state index contributed by atoms with van der Waals surface area (Å²) in [5, 5.41) is 9.22. The minimum absolute atomic E-state index is 0.0149. The van der Waals surface area contributed by atoms with Crippen molar-refractivity contribution in [1.82, 2.24) is 4.90 Å². The van der Waals surface area contributed by atoms with E-state index in [1.54, 1.807) is 30.3 Å². The maximum Gasteiger partial charge on any atom is 0.339 e. The number of rotatable bonds is 3. The first-order valence-electron chi connectivity index (χ1n) is 7.99. The molecule has 1 N–H and O–H groups in total. The van der Waals surface area contributed by atoms with E-state index in [2.05, 4.69) is 0 Å². The van der Waals surface area contributed by atoms with Crippen molar-refractivity contribution in [3.63, 3.8) is 0 Å². The van der Waals surface area contributed by atoms with Crippen molar-refractivity contribution >= 4 is 11.9 Å². The van der Waals surface area contributed by atoms with Gasteiger partial charge in [-0.2, -0.15) is 0 Å². The Hall–Kier alpha value is -2.69. The topological polar surface area (TPSA) is 57.6 Å². The van der Waals surface area contributed by atoms with Crippen molar-refractivity contribution in [3.8, 4) is 11.1 Å². The molecule has 1 saturated heterocycles. The third kappa shape index (κ3) is 3.15. The largest absolute Gasteiger partial charge is 0.478 e. The maximum atomic E-state index is 13.8. The smallest absolute Gasteiger partial charge is 0.339 e. The average molecular weight is 327 g/mol. The van der Waals surface area contributed by atoms with Crippen molar-refractivity contribution < 1.29 is 19.1 Å². The van der Waals surface area contributed by atoms with Crippen LogP contribution >= 0.6 is 0 Å². The number of hydrogen-bond acceptors (Lipinski definition) is 2. The summed E-state index contributed by atoms with van der Waals surface area (Å²) in [6, 6.07) is 10.8. The Morgan fingerprint density at radius 2 is 1.62 bits per heavy atom. The van der Waals surface area contributed by atoms with Crippen LogP contribution in [0.2, 0.25) is 0 Å². The molecule has 124 valence electrons. The van der Waals surface area contributed by atoms with Gasteiger partial charge in [-0.15, -0.1) is 0 Å². The Kier molecular flexibility index (Phi) is 4.60. The van der Waals surface area contributed by atoms with Gasteiger partial charge in [-0.05, 0) is 48.6 Å². The molecule has 0 unspecified atom stereocenters. The molecule has 3 rings (SSSR count). The molecule has 0 atom stereocenters. The number of carboxylic acids is 1. The van der Waals surface area contributed by atoms with Crippen LogP contribution < -0.4 is 0 Å². The van der Waals surface area contributed by atoms with Crippen LogP contribution in [-0.4, -0.2) is 35.0 Å². The number of carboxylic acid groups (broad SMARTS) is 1. The van der Waals surface area contributed by atoms with E-state index >= 15 is 0 Å². The van der Waals surface area contributed by atoms with Crippen LogP contribution in [0.25, 0.3) is 11.1 Å². The Balaban J connectivity index is 1.89. The fraction of sp³-hybridized carbons (Fsp3) is 0.263. The van der Waals surface area contributed by atoms with Crippen LogP contribution in [0.1, 0.15) is 40.0 Å². The second-order valence-corrected chi connectivity index (χ2v) is 5.90. The Labute approximate surface area is 139 Å². The zero-order valence-corrected chi connectivity index (χ0v) is 13.2. The molecular formula is C19H18FNO3. The van der Waals surface area contributed by atoms with Gasteiger partial charge in [0.05, 0.1) is 0 Å². The number of benzene rings is 2. The van der Waals surface area contributed by atoms with Gasteiger partial charge >= 0.3 is 5.97 Å². The van der Waals surface area contributed by atoms with Gasteiger partial charge in [0.1, 0.15) is 11.4 Å². The number of piperidine rings is 1. The van der Waals surface area contributed by atoms with E-state index in [-0.39, 0.29) is 11.5 Å². The third-order valence-corrected chi connectivity index (χ3v) is 4.31. The van der Waals surface area contributed by atoms with E-state index in [0.717, 1.165) is 38.4 Å². The molecule has 1 amide bonds. The number of carbonyl (C=O) groups excluding carboxylic acids is 1. The number of carbonyl (C=O) groups is 2. The van der Waals surface area contributed by atoms with Gasteiger partial charge in [-0.25, -0.2) is 9.18 Å². The van der Waals surface area contributed by atoms with Crippen molar-refractivity contribution in [1.29, 1.82) is 0 Å². The Bertz CT molecular complexity index is 765. The van der Waals surface area contributed by atoms with Gasteiger partial charge in [-0.1, -0.05) is 24.3 Å². The molecule has 24 heavy (non-hydrogen) atoms. The number of likely N-dealkylation sites (tertiary alicyclic amines) is 1. The molecular weight excluding hydrogens is 309 g/mol. The first-order chi connectivity index (χ1) is 11.6. The third-order valence-electron chi connectivity index (χ3n) is 4.31. The average Bonchev–Trinajstić information content (AvgIpc) is 2.61. The van der Waals surface area contributed by atoms with Gasteiger partial charge < -0.3 is 10.0 Å². The van der Waals surface area contributed by atoms with Crippen LogP contribution in [-0.2, 0) is 0 Å². The highest BCUT2D eigenvalue weighted by Crippen LogP contribution is 2.26. The molecule has 0 aliphatic carbocycles. The maximum absolute atomic E-state index is 13.8. The first kappa shape index (κ1) is 16.2. The lowest BCUT2D eigenvalue weighted by Crippen LogP contribution is -2.35. The molecule has 1 aliphatic heterocycles. The highest BCUT2D eigenvalue weighted by molar-refractivity contribution is 5.97. The highest BCUT2D eigenvalue weighted by Gasteiger charge is 2.19. The van der Waals surface area contributed by atoms with Gasteiger partial charge in [0.25, 0.3) is 5.91 Å². The summed E-state index contributed by atoms with van der Waals surface area (Å²) < 4.78 is 13.8. The van der Waals surface area contributed by atoms with E-state index < -0.39 is 11.8 Å². The van der Waals surface area contributed by atoms with Crippen molar-refractivity contribution in [2.24, 2.45) is 0 Å². The normalized spacial score (nSPS) is 14.5. The zero-order valence-electron chi connectivity index (χ0n) is 13.2. The number of amides is 1. The standard InChI is InChI=1S/C19H18FNO3/c20-16-6-4-5-15(17(16)19(23)24)13-7-9-14(10-8-13)18(22)21-11-2-1-3-12-21/h4-10H,1-3,11-12H2,(H,23,24). The summed E-state index contributed by atoms with van der Waals surface area (Å²) in [5.41, 5.74) is 1.09. The molecule has 0 radical (unpaired) electrons. The summed E-state index contributed by atoms with van der Waals surface area (Å²) in [6.07, 6.45) is 3.20. The predicted octanol–water partition coefficient (Wildman–Crippen LogP) is 3.82. The van der Waals surface area contributed by atoms with Crippen molar-refractivity contribution in [2.45, 2.75) is 19.3 Å². The molecule has 4 nitrogen and oxygen atoms in total. The molecule has 1 heterocycles. The molecule has 2 aromatic rings. The summed E-state index contributed by atoms with van der Waals surface area (Å²) in [5.74, 6) is -2.09. The van der Waals surface area contributed by atoms with E-state index in [0.29, 0.717) is 16.7 Å². The monoisotopic (exact) mass is 327 g/mol. The van der Waals surface area contributed by atoms with Gasteiger partial charge in [-0.3, -0.25) is 4.79 Å². The number of halogens is 1. The van der Waals surface area contributed by atoms with Crippen LogP contribution in [0.15, 0.2) is 42.5 Å². The lowest BCUT2D eigenvalue weighted by Gasteiger charge is -2.26. The number of nitrogens with zero attached hydrogens (tertiary/aromatic N) is 1. The van der Waals surface area contributed by atoms with E-state index in [1.807, 2.05) is 4.90 Å². The first-order valence-corrected chi connectivity index (χ1v) is 7.99. The molecule has 0 saturated carbocycles. The Morgan fingerprint density at radius 1 is 0.958 bits per heavy atom. The summed E-state index contributed by atoms with van der Waals surface area (Å²) in [4.78, 5) is 25.6. The quantitative estimate of drug-likeness (QED) is 0.932. The second kappa shape index (κ2) is 6.83. The van der Waals surface area contributed by atoms with E-state index in [9.17, 15) is 19.1 Å². The van der Waals surface area contributed by atoms with Crippen molar-refractivity contribution in [2.75, 3.05) is 13.1 Å². The van der Waals surface area contributed by atoms with Crippen LogP contribution in [0.3, 0.4) is 0 Å². The Morgan fingerprint density at radius 3 is 2.25 bits per heavy atom. The minimum Gasteiger partial charge on any atom is -0.478 e. The molecule has 0 bridgehead atoms. The fourth-order valence-electron chi connectivity index (χ4n) is 3.05. The van der Waals surface area contributed by atoms with E-state index in [1.165, 1.54) is 6.07 Å². The molecule has 2 aromatic carbocycles. The van der Waals surface area contributed by atoms with Gasteiger partial charge in [0.15, 0.2) is 0 Å². The predicted molar refractivity (Wildman–Crippen MR) is 88.5 cm³/mol. The van der Waals surface area contributed by atoms with Gasteiger partial charge in [0, 0.05) is 18.7 Å².